The fourth-order valence-corrected chi connectivity index (χ4v) is 1.75. The molecule has 1 N–H and O–H groups in total. The van der Waals surface area contributed by atoms with E-state index < -0.39 is 0 Å². The van der Waals surface area contributed by atoms with Crippen molar-refractivity contribution in [2.45, 2.75) is 46.1 Å². The molecule has 90 valence electrons. The first-order valence-electron chi connectivity index (χ1n) is 6.05. The lowest BCUT2D eigenvalue weighted by atomic mass is 9.88. The van der Waals surface area contributed by atoms with Crippen molar-refractivity contribution in [1.29, 1.82) is 0 Å². The van der Waals surface area contributed by atoms with Gasteiger partial charge >= 0.3 is 0 Å². The summed E-state index contributed by atoms with van der Waals surface area (Å²) in [5.41, 5.74) is 1.50. The minimum Gasteiger partial charge on any atom is -0.311 e. The summed E-state index contributed by atoms with van der Waals surface area (Å²) in [6.45, 7) is 12.1. The molecule has 1 atom stereocenters. The van der Waals surface area contributed by atoms with E-state index in [-0.39, 0.29) is 5.54 Å². The lowest BCUT2D eigenvalue weighted by Gasteiger charge is -2.27. The SMILES string of the molecule is CC(C)C(CNC(C)(C)C)c1cccnc1. The van der Waals surface area contributed by atoms with E-state index in [4.69, 9.17) is 0 Å². The van der Waals surface area contributed by atoms with E-state index in [0.717, 1.165) is 6.54 Å². The summed E-state index contributed by atoms with van der Waals surface area (Å²) in [5, 5.41) is 3.57. The van der Waals surface area contributed by atoms with Crippen LogP contribution in [0.3, 0.4) is 0 Å². The predicted molar refractivity (Wildman–Crippen MR) is 69.6 cm³/mol. The first kappa shape index (κ1) is 13.2. The van der Waals surface area contributed by atoms with E-state index in [9.17, 15) is 0 Å². The topological polar surface area (TPSA) is 24.9 Å². The van der Waals surface area contributed by atoms with Gasteiger partial charge in [-0.05, 0) is 38.3 Å². The van der Waals surface area contributed by atoms with E-state index in [0.29, 0.717) is 11.8 Å². The van der Waals surface area contributed by atoms with Gasteiger partial charge in [0.15, 0.2) is 0 Å². The number of nitrogens with one attached hydrogen (secondary N) is 1. The summed E-state index contributed by atoms with van der Waals surface area (Å²) in [6, 6.07) is 4.18. The second-order valence-corrected chi connectivity index (χ2v) is 5.77. The number of nitrogens with zero attached hydrogens (tertiary/aromatic N) is 1. The van der Waals surface area contributed by atoms with Crippen molar-refractivity contribution in [2.75, 3.05) is 6.54 Å². The first-order valence-corrected chi connectivity index (χ1v) is 6.05. The summed E-state index contributed by atoms with van der Waals surface area (Å²) in [4.78, 5) is 4.20. The van der Waals surface area contributed by atoms with Crippen molar-refractivity contribution in [2.24, 2.45) is 5.92 Å². The number of hydrogen-bond acceptors (Lipinski definition) is 2. The minimum atomic E-state index is 0.176. The lowest BCUT2D eigenvalue weighted by molar-refractivity contribution is 0.371. The second kappa shape index (κ2) is 5.44. The van der Waals surface area contributed by atoms with Crippen LogP contribution in [-0.4, -0.2) is 17.1 Å². The fourth-order valence-electron chi connectivity index (χ4n) is 1.75. The van der Waals surface area contributed by atoms with Gasteiger partial charge < -0.3 is 5.32 Å². The third kappa shape index (κ3) is 4.31. The third-order valence-corrected chi connectivity index (χ3v) is 2.77. The molecule has 0 spiro atoms. The van der Waals surface area contributed by atoms with Crippen molar-refractivity contribution in [3.63, 3.8) is 0 Å². The maximum atomic E-state index is 4.20. The van der Waals surface area contributed by atoms with Gasteiger partial charge in [-0.25, -0.2) is 0 Å². The Morgan fingerprint density at radius 1 is 1.31 bits per heavy atom. The average Bonchev–Trinajstić information content (AvgIpc) is 2.17. The maximum absolute atomic E-state index is 4.20. The smallest absolute Gasteiger partial charge is 0.0303 e. The molecule has 0 saturated carbocycles. The largest absolute Gasteiger partial charge is 0.311 e. The molecule has 0 aliphatic carbocycles. The van der Waals surface area contributed by atoms with Gasteiger partial charge in [0.1, 0.15) is 0 Å². The van der Waals surface area contributed by atoms with E-state index in [1.165, 1.54) is 5.56 Å². The van der Waals surface area contributed by atoms with E-state index in [1.807, 2.05) is 18.5 Å². The number of rotatable bonds is 4. The molecule has 1 aromatic heterocycles. The van der Waals surface area contributed by atoms with Crippen molar-refractivity contribution in [3.8, 4) is 0 Å². The van der Waals surface area contributed by atoms with Gasteiger partial charge in [0, 0.05) is 30.4 Å². The van der Waals surface area contributed by atoms with Gasteiger partial charge in [-0.1, -0.05) is 19.9 Å². The Morgan fingerprint density at radius 2 is 2.00 bits per heavy atom. The molecule has 0 aliphatic heterocycles. The molecular formula is C14H24N2. The molecule has 2 nitrogen and oxygen atoms in total. The Kier molecular flexibility index (Phi) is 4.48. The molecule has 0 amide bonds. The minimum absolute atomic E-state index is 0.176. The van der Waals surface area contributed by atoms with Crippen LogP contribution in [0.25, 0.3) is 0 Å². The monoisotopic (exact) mass is 220 g/mol. The van der Waals surface area contributed by atoms with Crippen LogP contribution in [0.5, 0.6) is 0 Å². The van der Waals surface area contributed by atoms with Gasteiger partial charge in [-0.2, -0.15) is 0 Å². The molecule has 0 bridgehead atoms. The molecule has 2 heteroatoms. The highest BCUT2D eigenvalue weighted by atomic mass is 14.9. The van der Waals surface area contributed by atoms with Gasteiger partial charge in [0.05, 0.1) is 0 Å². The highest BCUT2D eigenvalue weighted by Gasteiger charge is 2.18. The van der Waals surface area contributed by atoms with Gasteiger partial charge in [-0.15, -0.1) is 0 Å². The fraction of sp³-hybridized carbons (Fsp3) is 0.643. The van der Waals surface area contributed by atoms with Crippen LogP contribution >= 0.6 is 0 Å². The summed E-state index contributed by atoms with van der Waals surface area (Å²) in [6.07, 6.45) is 3.81. The molecule has 1 aromatic rings. The highest BCUT2D eigenvalue weighted by Crippen LogP contribution is 2.23. The van der Waals surface area contributed by atoms with Crippen LogP contribution in [0.4, 0.5) is 0 Å². The molecule has 0 fully saturated rings. The van der Waals surface area contributed by atoms with Crippen LogP contribution in [0.2, 0.25) is 0 Å². The molecule has 1 rings (SSSR count). The van der Waals surface area contributed by atoms with Gasteiger partial charge in [0.2, 0.25) is 0 Å². The summed E-state index contributed by atoms with van der Waals surface area (Å²) < 4.78 is 0. The van der Waals surface area contributed by atoms with Crippen molar-refractivity contribution < 1.29 is 0 Å². The summed E-state index contributed by atoms with van der Waals surface area (Å²) in [5.74, 6) is 1.16. The number of aromatic nitrogens is 1. The van der Waals surface area contributed by atoms with Crippen LogP contribution in [0, 0.1) is 5.92 Å². The molecule has 16 heavy (non-hydrogen) atoms. The van der Waals surface area contributed by atoms with E-state index in [1.54, 1.807) is 0 Å². The Labute approximate surface area is 99.5 Å². The second-order valence-electron chi connectivity index (χ2n) is 5.77. The third-order valence-electron chi connectivity index (χ3n) is 2.77. The molecule has 0 saturated heterocycles. The quantitative estimate of drug-likeness (QED) is 0.843. The van der Waals surface area contributed by atoms with Crippen LogP contribution in [0.1, 0.15) is 46.1 Å². The Balaban J connectivity index is 2.70. The average molecular weight is 220 g/mol. The van der Waals surface area contributed by atoms with Crippen molar-refractivity contribution in [3.05, 3.63) is 30.1 Å². The zero-order valence-electron chi connectivity index (χ0n) is 11.1. The zero-order valence-corrected chi connectivity index (χ0v) is 11.1. The number of pyridine rings is 1. The summed E-state index contributed by atoms with van der Waals surface area (Å²) in [7, 11) is 0. The van der Waals surface area contributed by atoms with Gasteiger partial charge in [-0.3, -0.25) is 4.98 Å². The number of hydrogen-bond donors (Lipinski definition) is 1. The van der Waals surface area contributed by atoms with Gasteiger partial charge in [0.25, 0.3) is 0 Å². The molecule has 0 radical (unpaired) electrons. The zero-order chi connectivity index (χ0) is 12.2. The molecule has 0 aliphatic rings. The Hall–Kier alpha value is -0.890. The molecule has 1 unspecified atom stereocenters. The van der Waals surface area contributed by atoms with Crippen LogP contribution < -0.4 is 5.32 Å². The standard InChI is InChI=1S/C14H24N2/c1-11(2)13(10-16-14(3,4)5)12-7-6-8-15-9-12/h6-9,11,13,16H,10H2,1-5H3. The van der Waals surface area contributed by atoms with E-state index in [2.05, 4.69) is 51.0 Å². The highest BCUT2D eigenvalue weighted by molar-refractivity contribution is 5.16. The summed E-state index contributed by atoms with van der Waals surface area (Å²) >= 11 is 0. The predicted octanol–water partition coefficient (Wildman–Crippen LogP) is 3.21. The first-order chi connectivity index (χ1) is 7.40. The Morgan fingerprint density at radius 3 is 2.44 bits per heavy atom. The molecule has 1 heterocycles. The molecule has 0 aromatic carbocycles. The van der Waals surface area contributed by atoms with Crippen LogP contribution in [0.15, 0.2) is 24.5 Å². The Bertz CT molecular complexity index is 298. The normalized spacial score (nSPS) is 14.1. The van der Waals surface area contributed by atoms with E-state index >= 15 is 0 Å². The molecular weight excluding hydrogens is 196 g/mol. The van der Waals surface area contributed by atoms with Crippen LogP contribution in [-0.2, 0) is 0 Å². The van der Waals surface area contributed by atoms with Crippen molar-refractivity contribution in [1.82, 2.24) is 10.3 Å². The maximum Gasteiger partial charge on any atom is 0.0303 e. The van der Waals surface area contributed by atoms with Crippen molar-refractivity contribution >= 4 is 0 Å². The lowest BCUT2D eigenvalue weighted by Crippen LogP contribution is -2.39.